The third kappa shape index (κ3) is 4.35. The minimum atomic E-state index is -4.52. The standard InChI is InChI=1S/C14H19F3N2O3S/c1-10(2)23(20,21)19-7-6-11(8-19)9-22-13-5-3-4-12(18-13)14(15,16)17/h3-5,10-11H,6-9H2,1-2H3. The van der Waals surface area contributed by atoms with E-state index >= 15 is 0 Å². The van der Waals surface area contributed by atoms with Gasteiger partial charge in [-0.1, -0.05) is 6.07 Å². The van der Waals surface area contributed by atoms with E-state index in [1.54, 1.807) is 13.8 Å². The maximum absolute atomic E-state index is 12.6. The van der Waals surface area contributed by atoms with Crippen molar-refractivity contribution in [3.63, 3.8) is 0 Å². The Morgan fingerprint density at radius 1 is 1.39 bits per heavy atom. The van der Waals surface area contributed by atoms with Crippen LogP contribution in [0.3, 0.4) is 0 Å². The third-order valence-electron chi connectivity index (χ3n) is 3.69. The third-order valence-corrected chi connectivity index (χ3v) is 5.93. The van der Waals surface area contributed by atoms with E-state index in [1.807, 2.05) is 0 Å². The molecule has 0 amide bonds. The van der Waals surface area contributed by atoms with Gasteiger partial charge in [0.1, 0.15) is 5.69 Å². The zero-order valence-electron chi connectivity index (χ0n) is 12.9. The Kier molecular flexibility index (Phi) is 5.20. The summed E-state index contributed by atoms with van der Waals surface area (Å²) >= 11 is 0. The number of halogens is 3. The molecule has 0 N–H and O–H groups in total. The second-order valence-electron chi connectivity index (χ2n) is 5.78. The highest BCUT2D eigenvalue weighted by Gasteiger charge is 2.34. The predicted molar refractivity (Wildman–Crippen MR) is 78.5 cm³/mol. The van der Waals surface area contributed by atoms with Crippen molar-refractivity contribution in [1.82, 2.24) is 9.29 Å². The Morgan fingerprint density at radius 2 is 2.09 bits per heavy atom. The fraction of sp³-hybridized carbons (Fsp3) is 0.643. The Balaban J connectivity index is 1.93. The molecule has 5 nitrogen and oxygen atoms in total. The number of aromatic nitrogens is 1. The van der Waals surface area contributed by atoms with Crippen LogP contribution in [0.1, 0.15) is 26.0 Å². The zero-order chi connectivity index (χ0) is 17.3. The van der Waals surface area contributed by atoms with Crippen LogP contribution in [0.2, 0.25) is 0 Å². The van der Waals surface area contributed by atoms with Crippen LogP contribution in [-0.2, 0) is 16.2 Å². The van der Waals surface area contributed by atoms with E-state index in [9.17, 15) is 21.6 Å². The summed E-state index contributed by atoms with van der Waals surface area (Å²) < 4.78 is 68.6. The van der Waals surface area contributed by atoms with Gasteiger partial charge in [-0.05, 0) is 26.3 Å². The number of sulfonamides is 1. The highest BCUT2D eigenvalue weighted by Crippen LogP contribution is 2.29. The van der Waals surface area contributed by atoms with Crippen LogP contribution in [0.25, 0.3) is 0 Å². The summed E-state index contributed by atoms with van der Waals surface area (Å²) in [7, 11) is -3.31. The molecule has 1 fully saturated rings. The lowest BCUT2D eigenvalue weighted by Crippen LogP contribution is -2.35. The van der Waals surface area contributed by atoms with E-state index in [4.69, 9.17) is 4.74 Å². The lowest BCUT2D eigenvalue weighted by atomic mass is 10.1. The Morgan fingerprint density at radius 3 is 2.70 bits per heavy atom. The molecule has 130 valence electrons. The van der Waals surface area contributed by atoms with Gasteiger partial charge in [-0.25, -0.2) is 17.7 Å². The van der Waals surface area contributed by atoms with Gasteiger partial charge in [-0.2, -0.15) is 13.2 Å². The van der Waals surface area contributed by atoms with E-state index < -0.39 is 27.1 Å². The number of hydrogen-bond donors (Lipinski definition) is 0. The molecule has 0 radical (unpaired) electrons. The normalized spacial score (nSPS) is 20.2. The van der Waals surface area contributed by atoms with Gasteiger partial charge in [0.15, 0.2) is 0 Å². The molecule has 1 saturated heterocycles. The summed E-state index contributed by atoms with van der Waals surface area (Å²) in [5.41, 5.74) is -1.01. The van der Waals surface area contributed by atoms with Gasteiger partial charge in [0, 0.05) is 25.1 Å². The fourth-order valence-corrected chi connectivity index (χ4v) is 3.69. The van der Waals surface area contributed by atoms with Gasteiger partial charge >= 0.3 is 6.18 Å². The van der Waals surface area contributed by atoms with Crippen LogP contribution >= 0.6 is 0 Å². The van der Waals surface area contributed by atoms with Crippen LogP contribution in [0.4, 0.5) is 13.2 Å². The van der Waals surface area contributed by atoms with Crippen LogP contribution in [-0.4, -0.2) is 42.7 Å². The molecule has 0 spiro atoms. The summed E-state index contributed by atoms with van der Waals surface area (Å²) in [6.07, 6.45) is -3.90. The Bertz CT molecular complexity index is 647. The summed E-state index contributed by atoms with van der Waals surface area (Å²) in [6, 6.07) is 3.46. The number of pyridine rings is 1. The summed E-state index contributed by atoms with van der Waals surface area (Å²) in [6.45, 7) is 4.10. The SMILES string of the molecule is CC(C)S(=O)(=O)N1CCC(COc2cccc(C(F)(F)F)n2)C1. The molecule has 1 aliphatic heterocycles. The number of hydrogen-bond acceptors (Lipinski definition) is 4. The van der Waals surface area contributed by atoms with Crippen molar-refractivity contribution in [1.29, 1.82) is 0 Å². The first-order valence-electron chi connectivity index (χ1n) is 7.26. The molecule has 1 atom stereocenters. The summed E-state index contributed by atoms with van der Waals surface area (Å²) in [4.78, 5) is 3.42. The van der Waals surface area contributed by atoms with Crippen molar-refractivity contribution in [2.24, 2.45) is 5.92 Å². The maximum Gasteiger partial charge on any atom is 0.433 e. The van der Waals surface area contributed by atoms with E-state index in [-0.39, 0.29) is 18.4 Å². The second-order valence-corrected chi connectivity index (χ2v) is 8.27. The predicted octanol–water partition coefficient (Wildman–Crippen LogP) is 2.54. The number of alkyl halides is 3. The summed E-state index contributed by atoms with van der Waals surface area (Å²) in [5, 5.41) is -0.493. The molecule has 0 aliphatic carbocycles. The topological polar surface area (TPSA) is 59.5 Å². The van der Waals surface area contributed by atoms with E-state index in [1.165, 1.54) is 16.4 Å². The molecule has 1 unspecified atom stereocenters. The lowest BCUT2D eigenvalue weighted by Gasteiger charge is -2.19. The first-order chi connectivity index (χ1) is 10.6. The van der Waals surface area contributed by atoms with Gasteiger partial charge in [0.2, 0.25) is 15.9 Å². The molecule has 1 aromatic heterocycles. The smallest absolute Gasteiger partial charge is 0.433 e. The average Bonchev–Trinajstić information content (AvgIpc) is 2.94. The quantitative estimate of drug-likeness (QED) is 0.817. The molecule has 2 rings (SSSR count). The molecule has 9 heteroatoms. The van der Waals surface area contributed by atoms with Crippen LogP contribution in [0, 0.1) is 5.92 Å². The minimum Gasteiger partial charge on any atom is -0.477 e. The average molecular weight is 352 g/mol. The van der Waals surface area contributed by atoms with Crippen molar-refractivity contribution in [2.75, 3.05) is 19.7 Å². The highest BCUT2D eigenvalue weighted by atomic mass is 32.2. The molecular formula is C14H19F3N2O3S. The van der Waals surface area contributed by atoms with Crippen molar-refractivity contribution in [3.05, 3.63) is 23.9 Å². The largest absolute Gasteiger partial charge is 0.477 e. The van der Waals surface area contributed by atoms with Crippen molar-refractivity contribution in [2.45, 2.75) is 31.7 Å². The van der Waals surface area contributed by atoms with Gasteiger partial charge in [0.05, 0.1) is 11.9 Å². The van der Waals surface area contributed by atoms with E-state index in [2.05, 4.69) is 4.98 Å². The van der Waals surface area contributed by atoms with Gasteiger partial charge < -0.3 is 4.74 Å². The van der Waals surface area contributed by atoms with Crippen LogP contribution in [0.15, 0.2) is 18.2 Å². The number of ether oxygens (including phenoxy) is 1. The first kappa shape index (κ1) is 18.0. The second kappa shape index (κ2) is 6.64. The van der Waals surface area contributed by atoms with Gasteiger partial charge in [-0.15, -0.1) is 0 Å². The molecular weight excluding hydrogens is 333 g/mol. The van der Waals surface area contributed by atoms with E-state index in [0.29, 0.717) is 19.5 Å². The van der Waals surface area contributed by atoms with Crippen molar-refractivity contribution in [3.8, 4) is 5.88 Å². The monoisotopic (exact) mass is 352 g/mol. The van der Waals surface area contributed by atoms with Crippen LogP contribution in [0.5, 0.6) is 5.88 Å². The molecule has 1 aliphatic rings. The van der Waals surface area contributed by atoms with Crippen LogP contribution < -0.4 is 4.74 Å². The van der Waals surface area contributed by atoms with Gasteiger partial charge in [-0.3, -0.25) is 0 Å². The Hall–Kier alpha value is -1.35. The molecule has 0 bridgehead atoms. The number of nitrogens with zero attached hydrogens (tertiary/aromatic N) is 2. The lowest BCUT2D eigenvalue weighted by molar-refractivity contribution is -0.141. The maximum atomic E-state index is 12.6. The van der Waals surface area contributed by atoms with Crippen molar-refractivity contribution < 1.29 is 26.3 Å². The van der Waals surface area contributed by atoms with Crippen molar-refractivity contribution >= 4 is 10.0 Å². The minimum absolute atomic E-state index is 0.0557. The summed E-state index contributed by atoms with van der Waals surface area (Å²) in [5.74, 6) is -0.162. The molecule has 0 aromatic carbocycles. The molecule has 2 heterocycles. The first-order valence-corrected chi connectivity index (χ1v) is 8.77. The molecule has 23 heavy (non-hydrogen) atoms. The zero-order valence-corrected chi connectivity index (χ0v) is 13.7. The van der Waals surface area contributed by atoms with E-state index in [0.717, 1.165) is 6.07 Å². The highest BCUT2D eigenvalue weighted by molar-refractivity contribution is 7.89. The fourth-order valence-electron chi connectivity index (χ4n) is 2.32. The Labute approximate surface area is 133 Å². The van der Waals surface area contributed by atoms with Gasteiger partial charge in [0.25, 0.3) is 0 Å². The molecule has 1 aromatic rings. The molecule has 0 saturated carbocycles. The number of rotatable bonds is 5.